The summed E-state index contributed by atoms with van der Waals surface area (Å²) in [6.07, 6.45) is 1.78. The molecule has 6 nitrogen and oxygen atoms in total. The van der Waals surface area contributed by atoms with Gasteiger partial charge in [-0.25, -0.2) is 0 Å². The van der Waals surface area contributed by atoms with Crippen molar-refractivity contribution in [2.45, 2.75) is 20.1 Å². The zero-order valence-corrected chi connectivity index (χ0v) is 11.0. The number of aliphatic hydroxyl groups is 1. The summed E-state index contributed by atoms with van der Waals surface area (Å²) in [7, 11) is 1.80. The van der Waals surface area contributed by atoms with Gasteiger partial charge >= 0.3 is 0 Å². The lowest BCUT2D eigenvalue weighted by Gasteiger charge is -2.14. The Morgan fingerprint density at radius 1 is 1.32 bits per heavy atom. The van der Waals surface area contributed by atoms with Gasteiger partial charge in [0.2, 0.25) is 0 Å². The van der Waals surface area contributed by atoms with Crippen molar-refractivity contribution < 1.29 is 14.6 Å². The van der Waals surface area contributed by atoms with Gasteiger partial charge < -0.3 is 14.6 Å². The molecule has 0 amide bonds. The third-order valence-corrected chi connectivity index (χ3v) is 2.55. The number of hydrogen-bond donors (Lipinski definition) is 1. The van der Waals surface area contributed by atoms with Gasteiger partial charge in [0, 0.05) is 12.6 Å². The molecule has 0 unspecified atom stereocenters. The first kappa shape index (κ1) is 13.4. The van der Waals surface area contributed by atoms with Gasteiger partial charge in [0.05, 0.1) is 19.4 Å². The Morgan fingerprint density at radius 2 is 2.16 bits per heavy atom. The van der Waals surface area contributed by atoms with Crippen LogP contribution in [0, 0.1) is 0 Å². The Morgan fingerprint density at radius 3 is 2.79 bits per heavy atom. The van der Waals surface area contributed by atoms with Crippen molar-refractivity contribution in [2.75, 3.05) is 6.61 Å². The van der Waals surface area contributed by atoms with E-state index in [0.717, 1.165) is 5.69 Å². The molecular weight excluding hydrogens is 246 g/mol. The first-order valence-electron chi connectivity index (χ1n) is 6.08. The van der Waals surface area contributed by atoms with Gasteiger partial charge in [-0.3, -0.25) is 4.68 Å². The molecule has 0 aliphatic heterocycles. The van der Waals surface area contributed by atoms with Crippen LogP contribution in [0.5, 0.6) is 11.5 Å². The van der Waals surface area contributed by atoms with E-state index in [4.69, 9.17) is 9.47 Å². The molecule has 19 heavy (non-hydrogen) atoms. The second-order valence-electron chi connectivity index (χ2n) is 4.01. The van der Waals surface area contributed by atoms with Gasteiger partial charge in [0.1, 0.15) is 12.3 Å². The number of rotatable bonds is 6. The zero-order valence-electron chi connectivity index (χ0n) is 11.0. The zero-order chi connectivity index (χ0) is 13.7. The highest BCUT2D eigenvalue weighted by Gasteiger charge is 2.11. The van der Waals surface area contributed by atoms with Gasteiger partial charge in [0.25, 0.3) is 0 Å². The Labute approximate surface area is 111 Å². The van der Waals surface area contributed by atoms with E-state index in [1.54, 1.807) is 24.0 Å². The van der Waals surface area contributed by atoms with Crippen molar-refractivity contribution in [1.82, 2.24) is 15.0 Å². The number of aromatic nitrogens is 3. The maximum Gasteiger partial charge on any atom is 0.167 e. The first-order valence-corrected chi connectivity index (χ1v) is 6.08. The van der Waals surface area contributed by atoms with Crippen LogP contribution in [0.1, 0.15) is 18.2 Å². The van der Waals surface area contributed by atoms with E-state index in [0.29, 0.717) is 23.7 Å². The summed E-state index contributed by atoms with van der Waals surface area (Å²) in [4.78, 5) is 0. The molecule has 0 atom stereocenters. The quantitative estimate of drug-likeness (QED) is 0.850. The van der Waals surface area contributed by atoms with Crippen molar-refractivity contribution >= 4 is 0 Å². The van der Waals surface area contributed by atoms with Crippen LogP contribution >= 0.6 is 0 Å². The molecule has 0 spiro atoms. The summed E-state index contributed by atoms with van der Waals surface area (Å²) in [5, 5.41) is 17.1. The van der Waals surface area contributed by atoms with Crippen LogP contribution in [0.3, 0.4) is 0 Å². The van der Waals surface area contributed by atoms with Crippen LogP contribution in [0.15, 0.2) is 24.4 Å². The van der Waals surface area contributed by atoms with Crippen molar-refractivity contribution in [1.29, 1.82) is 0 Å². The van der Waals surface area contributed by atoms with E-state index in [2.05, 4.69) is 10.3 Å². The minimum Gasteiger partial charge on any atom is -0.490 e. The van der Waals surface area contributed by atoms with E-state index < -0.39 is 0 Å². The molecule has 0 bridgehead atoms. The van der Waals surface area contributed by atoms with Crippen molar-refractivity contribution in [3.05, 3.63) is 35.7 Å². The fraction of sp³-hybridized carbons (Fsp3) is 0.385. The summed E-state index contributed by atoms with van der Waals surface area (Å²) < 4.78 is 12.8. The average molecular weight is 263 g/mol. The maximum absolute atomic E-state index is 9.34. The van der Waals surface area contributed by atoms with Gasteiger partial charge in [0.15, 0.2) is 11.5 Å². The standard InChI is InChI=1S/C13H17N3O3/c1-3-18-12-6-4-5-10(8-17)13(12)19-9-11-7-16(2)15-14-11/h4-7,17H,3,8-9H2,1-2H3. The largest absolute Gasteiger partial charge is 0.490 e. The topological polar surface area (TPSA) is 69.4 Å². The fourth-order valence-electron chi connectivity index (χ4n) is 1.73. The fourth-order valence-corrected chi connectivity index (χ4v) is 1.73. The number of aliphatic hydroxyl groups excluding tert-OH is 1. The number of aryl methyl sites for hydroxylation is 1. The Kier molecular flexibility index (Phi) is 4.35. The molecule has 1 N–H and O–H groups in total. The summed E-state index contributed by atoms with van der Waals surface area (Å²) >= 11 is 0. The Bertz CT molecular complexity index is 540. The third-order valence-electron chi connectivity index (χ3n) is 2.55. The minimum absolute atomic E-state index is 0.100. The SMILES string of the molecule is CCOc1cccc(CO)c1OCc1cn(C)nn1. The molecule has 0 aliphatic rings. The molecule has 1 aromatic heterocycles. The van der Waals surface area contributed by atoms with Crippen LogP contribution in [0.4, 0.5) is 0 Å². The van der Waals surface area contributed by atoms with E-state index in [1.165, 1.54) is 0 Å². The van der Waals surface area contributed by atoms with E-state index in [1.807, 2.05) is 19.1 Å². The molecule has 0 radical (unpaired) electrons. The molecule has 0 fully saturated rings. The highest BCUT2D eigenvalue weighted by molar-refractivity contribution is 5.46. The first-order chi connectivity index (χ1) is 9.24. The lowest BCUT2D eigenvalue weighted by atomic mass is 10.2. The molecule has 0 saturated carbocycles. The van der Waals surface area contributed by atoms with Crippen LogP contribution in [0.25, 0.3) is 0 Å². The van der Waals surface area contributed by atoms with Crippen LogP contribution in [-0.4, -0.2) is 26.7 Å². The van der Waals surface area contributed by atoms with Crippen molar-refractivity contribution in [3.8, 4) is 11.5 Å². The number of ether oxygens (including phenoxy) is 2. The normalized spacial score (nSPS) is 10.5. The van der Waals surface area contributed by atoms with Crippen LogP contribution in [0.2, 0.25) is 0 Å². The van der Waals surface area contributed by atoms with Crippen molar-refractivity contribution in [3.63, 3.8) is 0 Å². The number of hydrogen-bond acceptors (Lipinski definition) is 5. The molecule has 102 valence electrons. The summed E-state index contributed by atoms with van der Waals surface area (Å²) in [5.41, 5.74) is 1.41. The second kappa shape index (κ2) is 6.19. The van der Waals surface area contributed by atoms with Crippen molar-refractivity contribution in [2.24, 2.45) is 7.05 Å². The summed E-state index contributed by atoms with van der Waals surface area (Å²) in [6.45, 7) is 2.62. The average Bonchev–Trinajstić information content (AvgIpc) is 2.83. The predicted molar refractivity (Wildman–Crippen MR) is 68.9 cm³/mol. The number of nitrogens with zero attached hydrogens (tertiary/aromatic N) is 3. The summed E-state index contributed by atoms with van der Waals surface area (Å²) in [5.74, 6) is 1.18. The van der Waals surface area contributed by atoms with Crippen LogP contribution < -0.4 is 9.47 Å². The van der Waals surface area contributed by atoms with Gasteiger partial charge in [-0.15, -0.1) is 5.10 Å². The lowest BCUT2D eigenvalue weighted by Crippen LogP contribution is -2.03. The van der Waals surface area contributed by atoms with Crippen LogP contribution in [-0.2, 0) is 20.3 Å². The van der Waals surface area contributed by atoms with E-state index in [-0.39, 0.29) is 13.2 Å². The third kappa shape index (κ3) is 3.23. The maximum atomic E-state index is 9.34. The molecule has 1 heterocycles. The Balaban J connectivity index is 2.17. The molecule has 1 aromatic carbocycles. The number of para-hydroxylation sites is 1. The highest BCUT2D eigenvalue weighted by atomic mass is 16.5. The van der Waals surface area contributed by atoms with E-state index in [9.17, 15) is 5.11 Å². The lowest BCUT2D eigenvalue weighted by molar-refractivity contribution is 0.241. The summed E-state index contributed by atoms with van der Waals surface area (Å²) in [6, 6.07) is 5.44. The smallest absolute Gasteiger partial charge is 0.167 e. The minimum atomic E-state index is -0.100. The van der Waals surface area contributed by atoms with E-state index >= 15 is 0 Å². The number of benzene rings is 1. The monoisotopic (exact) mass is 263 g/mol. The molecule has 6 heteroatoms. The van der Waals surface area contributed by atoms with Gasteiger partial charge in [-0.05, 0) is 13.0 Å². The Hall–Kier alpha value is -2.08. The molecule has 0 saturated heterocycles. The molecule has 2 rings (SSSR count). The molecular formula is C13H17N3O3. The molecule has 2 aromatic rings. The van der Waals surface area contributed by atoms with Gasteiger partial charge in [-0.2, -0.15) is 0 Å². The predicted octanol–water partition coefficient (Wildman–Crippen LogP) is 1.29. The molecule has 0 aliphatic carbocycles. The second-order valence-corrected chi connectivity index (χ2v) is 4.01. The van der Waals surface area contributed by atoms with Gasteiger partial charge in [-0.1, -0.05) is 17.3 Å². The highest BCUT2D eigenvalue weighted by Crippen LogP contribution is 2.32.